The molecule has 1 N–H and O–H groups in total. The lowest BCUT2D eigenvalue weighted by Gasteiger charge is -2.35. The van der Waals surface area contributed by atoms with Gasteiger partial charge in [-0.25, -0.2) is 0 Å². The zero-order chi connectivity index (χ0) is 27.9. The minimum absolute atomic E-state index is 0.0792. The zero-order valence-corrected chi connectivity index (χ0v) is 22.9. The molecular weight excluding hydrogens is 506 g/mol. The monoisotopic (exact) mass is 543 g/mol. The van der Waals surface area contributed by atoms with Crippen molar-refractivity contribution >= 4 is 34.2 Å². The Balaban J connectivity index is 1.41. The summed E-state index contributed by atoms with van der Waals surface area (Å²) in [5.41, 5.74) is -0.458. The van der Waals surface area contributed by atoms with Crippen molar-refractivity contribution in [1.29, 1.82) is 0 Å². The molecule has 0 bridgehead atoms. The predicted octanol–water partition coefficient (Wildman–Crippen LogP) is 3.29. The van der Waals surface area contributed by atoms with E-state index in [-0.39, 0.29) is 24.3 Å². The van der Waals surface area contributed by atoms with E-state index in [1.165, 1.54) is 0 Å². The van der Waals surface area contributed by atoms with Gasteiger partial charge in [-0.3, -0.25) is 14.4 Å². The van der Waals surface area contributed by atoms with Crippen LogP contribution in [0.25, 0.3) is 10.8 Å². The normalized spacial score (nSPS) is 29.6. The number of rotatable bonds is 8. The Morgan fingerprint density at radius 3 is 2.55 bits per heavy atom. The molecule has 0 radical (unpaired) electrons. The highest BCUT2D eigenvalue weighted by Gasteiger charge is 2.71. The molecule has 8 nitrogen and oxygen atoms in total. The molecule has 1 unspecified atom stereocenters. The van der Waals surface area contributed by atoms with E-state index in [0.29, 0.717) is 39.0 Å². The van der Waals surface area contributed by atoms with Crippen LogP contribution in [0.5, 0.6) is 0 Å². The third kappa shape index (κ3) is 4.25. The number of nitrogens with zero attached hydrogens (tertiary/aromatic N) is 3. The molecule has 4 aliphatic rings. The average Bonchev–Trinajstić information content (AvgIpc) is 3.27. The van der Waals surface area contributed by atoms with E-state index >= 15 is 0 Å². The molecule has 4 aliphatic heterocycles. The summed E-state index contributed by atoms with van der Waals surface area (Å²) in [6.07, 6.45) is 9.96. The summed E-state index contributed by atoms with van der Waals surface area (Å²) < 4.78 is 6.72. The number of anilines is 1. The first kappa shape index (κ1) is 26.7. The van der Waals surface area contributed by atoms with Gasteiger partial charge < -0.3 is 24.5 Å². The topological polar surface area (TPSA) is 90.4 Å². The number of carbonyl (C=O) groups excluding carboxylic acids is 3. The number of unbranched alkanes of at least 4 members (excludes halogenated alkanes) is 2. The molecule has 5 atom stereocenters. The van der Waals surface area contributed by atoms with Gasteiger partial charge in [-0.1, -0.05) is 61.6 Å². The zero-order valence-electron chi connectivity index (χ0n) is 22.9. The van der Waals surface area contributed by atoms with Crippen LogP contribution in [-0.4, -0.2) is 83.2 Å². The summed E-state index contributed by atoms with van der Waals surface area (Å²) >= 11 is 0. The van der Waals surface area contributed by atoms with Gasteiger partial charge in [0.25, 0.3) is 5.91 Å². The summed E-state index contributed by atoms with van der Waals surface area (Å²) in [6.45, 7) is 3.94. The van der Waals surface area contributed by atoms with Crippen LogP contribution >= 0.6 is 0 Å². The molecule has 8 heteroatoms. The molecule has 0 aromatic heterocycles. The maximum Gasteiger partial charge on any atom is 0.253 e. The van der Waals surface area contributed by atoms with Crippen molar-refractivity contribution in [3.8, 4) is 0 Å². The van der Waals surface area contributed by atoms with Gasteiger partial charge in [0, 0.05) is 38.5 Å². The molecule has 3 amide bonds. The number of aliphatic hydroxyl groups excluding tert-OH is 1. The van der Waals surface area contributed by atoms with Gasteiger partial charge in [-0.05, 0) is 48.6 Å². The molecule has 2 saturated heterocycles. The third-order valence-corrected chi connectivity index (χ3v) is 8.84. The minimum atomic E-state index is -1.22. The summed E-state index contributed by atoms with van der Waals surface area (Å²) in [5.74, 6) is -1.92. The second-order valence-electron chi connectivity index (χ2n) is 11.3. The smallest absolute Gasteiger partial charge is 0.253 e. The molecular formula is C32H37N3O5. The highest BCUT2D eigenvalue weighted by molar-refractivity contribution is 6.06. The molecule has 4 heterocycles. The Morgan fingerprint density at radius 2 is 1.75 bits per heavy atom. The van der Waals surface area contributed by atoms with E-state index in [1.807, 2.05) is 73.7 Å². The minimum Gasteiger partial charge on any atom is -0.396 e. The van der Waals surface area contributed by atoms with Crippen LogP contribution in [-0.2, 0) is 19.1 Å². The summed E-state index contributed by atoms with van der Waals surface area (Å²) in [6, 6.07) is 13.1. The van der Waals surface area contributed by atoms with Gasteiger partial charge in [0.1, 0.15) is 11.6 Å². The fourth-order valence-corrected chi connectivity index (χ4v) is 7.05. The van der Waals surface area contributed by atoms with Crippen molar-refractivity contribution in [2.45, 2.75) is 50.4 Å². The molecule has 0 saturated carbocycles. The molecule has 2 fully saturated rings. The Kier molecular flexibility index (Phi) is 7.23. The Morgan fingerprint density at radius 1 is 0.925 bits per heavy atom. The van der Waals surface area contributed by atoms with Crippen molar-refractivity contribution < 1.29 is 24.2 Å². The molecule has 40 heavy (non-hydrogen) atoms. The van der Waals surface area contributed by atoms with Gasteiger partial charge >= 0.3 is 0 Å². The van der Waals surface area contributed by atoms with Crippen LogP contribution in [0.4, 0.5) is 5.69 Å². The predicted molar refractivity (Wildman–Crippen MR) is 152 cm³/mol. The van der Waals surface area contributed by atoms with E-state index in [0.717, 1.165) is 29.3 Å². The van der Waals surface area contributed by atoms with Gasteiger partial charge in [0.05, 0.1) is 17.9 Å². The highest BCUT2D eigenvalue weighted by Crippen LogP contribution is 2.53. The second-order valence-corrected chi connectivity index (χ2v) is 11.3. The quantitative estimate of drug-likeness (QED) is 0.408. The van der Waals surface area contributed by atoms with E-state index in [1.54, 1.807) is 14.7 Å². The second kappa shape index (κ2) is 10.8. The number of ether oxygens (including phenoxy) is 1. The van der Waals surface area contributed by atoms with E-state index < -0.39 is 29.6 Å². The SMILES string of the molecule is CCCN1CC=C[C@H]2O[C@]34C=CCN(c5ccc6ccccc6c5)C(=O)C3N(CCCCCO)C(=O)[C@@H]4[C@H]2C1=O. The van der Waals surface area contributed by atoms with E-state index in [4.69, 9.17) is 4.74 Å². The molecule has 2 aromatic carbocycles. The lowest BCUT2D eigenvalue weighted by molar-refractivity contribution is -0.144. The maximum atomic E-state index is 14.5. The van der Waals surface area contributed by atoms with Crippen molar-refractivity contribution in [1.82, 2.24) is 9.80 Å². The van der Waals surface area contributed by atoms with Crippen LogP contribution in [0.3, 0.4) is 0 Å². The van der Waals surface area contributed by atoms with Gasteiger partial charge in [-0.2, -0.15) is 0 Å². The fourth-order valence-electron chi connectivity index (χ4n) is 7.05. The van der Waals surface area contributed by atoms with Crippen molar-refractivity contribution in [2.75, 3.05) is 37.7 Å². The Labute approximate surface area is 234 Å². The number of aliphatic hydroxyl groups is 1. The molecule has 210 valence electrons. The lowest BCUT2D eigenvalue weighted by Crippen LogP contribution is -2.55. The molecule has 6 rings (SSSR count). The lowest BCUT2D eigenvalue weighted by atomic mass is 9.77. The number of carbonyl (C=O) groups is 3. The maximum absolute atomic E-state index is 14.5. The number of amides is 3. The fraction of sp³-hybridized carbons (Fsp3) is 0.469. The summed E-state index contributed by atoms with van der Waals surface area (Å²) in [4.78, 5) is 47.8. The standard InChI is InChI=1S/C32H37N3O5/c1-2-16-33-17-8-12-25-26(29(33)37)27-30(38)35(18-6-3-7-20-36)28-31(39)34(19-9-15-32(27,28)40-25)24-14-13-22-10-4-5-11-23(22)21-24/h4-5,8-15,21,25-28,36H,2-3,6-7,16-20H2,1H3/t25-,26+,27+,28?,32+/m1/s1. The van der Waals surface area contributed by atoms with E-state index in [2.05, 4.69) is 0 Å². The van der Waals surface area contributed by atoms with Crippen LogP contribution in [0.1, 0.15) is 32.6 Å². The first-order valence-electron chi connectivity index (χ1n) is 14.5. The largest absolute Gasteiger partial charge is 0.396 e. The first-order chi connectivity index (χ1) is 19.5. The van der Waals surface area contributed by atoms with Crippen LogP contribution in [0.2, 0.25) is 0 Å². The number of fused-ring (bicyclic) bond motifs is 3. The third-order valence-electron chi connectivity index (χ3n) is 8.84. The molecule has 1 spiro atoms. The van der Waals surface area contributed by atoms with E-state index in [9.17, 15) is 19.5 Å². The average molecular weight is 544 g/mol. The number of benzene rings is 2. The summed E-state index contributed by atoms with van der Waals surface area (Å²) in [7, 11) is 0. The van der Waals surface area contributed by atoms with Crippen molar-refractivity contribution in [3.05, 3.63) is 66.8 Å². The van der Waals surface area contributed by atoms with Crippen LogP contribution in [0.15, 0.2) is 66.8 Å². The number of hydrogen-bond acceptors (Lipinski definition) is 5. The number of likely N-dealkylation sites (tertiary alicyclic amines) is 1. The molecule has 0 aliphatic carbocycles. The Hall–Kier alpha value is -3.49. The van der Waals surface area contributed by atoms with Gasteiger partial charge in [0.15, 0.2) is 0 Å². The van der Waals surface area contributed by atoms with Crippen LogP contribution < -0.4 is 4.90 Å². The van der Waals surface area contributed by atoms with Crippen LogP contribution in [0, 0.1) is 11.8 Å². The number of hydrogen-bond donors (Lipinski definition) is 1. The van der Waals surface area contributed by atoms with Crippen molar-refractivity contribution in [3.63, 3.8) is 0 Å². The summed E-state index contributed by atoms with van der Waals surface area (Å²) in [5, 5.41) is 11.4. The Bertz CT molecular complexity index is 1370. The van der Waals surface area contributed by atoms with Gasteiger partial charge in [0.2, 0.25) is 11.8 Å². The van der Waals surface area contributed by atoms with Crippen molar-refractivity contribution in [2.24, 2.45) is 11.8 Å². The first-order valence-corrected chi connectivity index (χ1v) is 14.5. The molecule has 2 aromatic rings. The van der Waals surface area contributed by atoms with Gasteiger partial charge in [-0.15, -0.1) is 0 Å². The highest BCUT2D eigenvalue weighted by atomic mass is 16.5.